The van der Waals surface area contributed by atoms with Crippen molar-refractivity contribution in [2.24, 2.45) is 0 Å². The van der Waals surface area contributed by atoms with Crippen LogP contribution in [0, 0.1) is 11.3 Å². The van der Waals surface area contributed by atoms with Crippen molar-refractivity contribution in [3.63, 3.8) is 0 Å². The third-order valence-electron chi connectivity index (χ3n) is 1.32. The van der Waals surface area contributed by atoms with Crippen molar-refractivity contribution in [2.75, 3.05) is 0 Å². The van der Waals surface area contributed by atoms with Gasteiger partial charge in [-0.3, -0.25) is 4.79 Å². The SMILES string of the molecule is CC(=O)Oc1ccc(C#N)c(Cl)c1. The van der Waals surface area contributed by atoms with Gasteiger partial charge in [0, 0.05) is 13.0 Å². The number of halogens is 1. The number of rotatable bonds is 1. The first-order valence-electron chi connectivity index (χ1n) is 3.51. The predicted octanol–water partition coefficient (Wildman–Crippen LogP) is 2.14. The molecule has 0 saturated carbocycles. The molecule has 1 aromatic rings. The molecule has 3 nitrogen and oxygen atoms in total. The zero-order chi connectivity index (χ0) is 9.84. The van der Waals surface area contributed by atoms with Crippen LogP contribution in [0.1, 0.15) is 12.5 Å². The molecule has 0 amide bonds. The van der Waals surface area contributed by atoms with Crippen molar-refractivity contribution >= 4 is 17.6 Å². The van der Waals surface area contributed by atoms with E-state index < -0.39 is 5.97 Å². The Morgan fingerprint density at radius 2 is 2.31 bits per heavy atom. The Hall–Kier alpha value is -1.53. The first-order valence-corrected chi connectivity index (χ1v) is 3.89. The Morgan fingerprint density at radius 3 is 2.77 bits per heavy atom. The lowest BCUT2D eigenvalue weighted by Crippen LogP contribution is -2.01. The first-order chi connectivity index (χ1) is 6.13. The first kappa shape index (κ1) is 9.56. The molecule has 0 fully saturated rings. The van der Waals surface area contributed by atoms with Gasteiger partial charge in [0.15, 0.2) is 0 Å². The van der Waals surface area contributed by atoms with E-state index in [0.29, 0.717) is 11.3 Å². The monoisotopic (exact) mass is 195 g/mol. The van der Waals surface area contributed by atoms with Gasteiger partial charge in [-0.15, -0.1) is 0 Å². The number of ether oxygens (including phenoxy) is 1. The minimum Gasteiger partial charge on any atom is -0.427 e. The topological polar surface area (TPSA) is 50.1 Å². The van der Waals surface area contributed by atoms with E-state index in [1.165, 1.54) is 25.1 Å². The number of carbonyl (C=O) groups excluding carboxylic acids is 1. The maximum Gasteiger partial charge on any atom is 0.308 e. The van der Waals surface area contributed by atoms with Gasteiger partial charge >= 0.3 is 5.97 Å². The van der Waals surface area contributed by atoms with Crippen molar-refractivity contribution in [3.8, 4) is 11.8 Å². The molecule has 0 radical (unpaired) electrons. The molecule has 0 aliphatic carbocycles. The molecule has 0 bridgehead atoms. The van der Waals surface area contributed by atoms with Gasteiger partial charge in [0.1, 0.15) is 11.8 Å². The molecular formula is C9H6ClNO2. The zero-order valence-corrected chi connectivity index (χ0v) is 7.63. The van der Waals surface area contributed by atoms with E-state index in [0.717, 1.165) is 0 Å². The van der Waals surface area contributed by atoms with Crippen LogP contribution in [0.2, 0.25) is 5.02 Å². The molecule has 4 heteroatoms. The molecule has 13 heavy (non-hydrogen) atoms. The van der Waals surface area contributed by atoms with Gasteiger partial charge in [-0.2, -0.15) is 5.26 Å². The molecule has 0 spiro atoms. The van der Waals surface area contributed by atoms with Crippen molar-refractivity contribution in [1.82, 2.24) is 0 Å². The summed E-state index contributed by atoms with van der Waals surface area (Å²) >= 11 is 5.70. The normalized spacial score (nSPS) is 9.00. The summed E-state index contributed by atoms with van der Waals surface area (Å²) in [7, 11) is 0. The smallest absolute Gasteiger partial charge is 0.308 e. The summed E-state index contributed by atoms with van der Waals surface area (Å²) in [5.74, 6) is -0.0720. The summed E-state index contributed by atoms with van der Waals surface area (Å²) in [5.41, 5.74) is 0.359. The van der Waals surface area contributed by atoms with Crippen LogP contribution in [0.4, 0.5) is 0 Å². The van der Waals surface area contributed by atoms with Gasteiger partial charge < -0.3 is 4.74 Å². The highest BCUT2D eigenvalue weighted by molar-refractivity contribution is 6.31. The Labute approximate surface area is 80.5 Å². The summed E-state index contributed by atoms with van der Waals surface area (Å²) < 4.78 is 4.76. The largest absolute Gasteiger partial charge is 0.427 e. The Balaban J connectivity index is 2.97. The second-order valence-electron chi connectivity index (χ2n) is 2.35. The van der Waals surface area contributed by atoms with E-state index in [-0.39, 0.29) is 5.02 Å². The lowest BCUT2D eigenvalue weighted by Gasteiger charge is -2.01. The maximum atomic E-state index is 10.5. The van der Waals surface area contributed by atoms with Crippen molar-refractivity contribution in [1.29, 1.82) is 5.26 Å². The lowest BCUT2D eigenvalue weighted by atomic mass is 10.2. The summed E-state index contributed by atoms with van der Waals surface area (Å²) in [6, 6.07) is 6.36. The van der Waals surface area contributed by atoms with E-state index in [4.69, 9.17) is 21.6 Å². The van der Waals surface area contributed by atoms with Gasteiger partial charge in [-0.1, -0.05) is 11.6 Å². The summed E-state index contributed by atoms with van der Waals surface area (Å²) in [6.07, 6.45) is 0. The Bertz CT molecular complexity index is 382. The molecule has 0 N–H and O–H groups in total. The third kappa shape index (κ3) is 2.46. The van der Waals surface area contributed by atoms with Gasteiger partial charge in [-0.05, 0) is 12.1 Å². The van der Waals surface area contributed by atoms with E-state index in [1.807, 2.05) is 6.07 Å². The van der Waals surface area contributed by atoms with Crippen LogP contribution in [0.25, 0.3) is 0 Å². The number of hydrogen-bond acceptors (Lipinski definition) is 3. The maximum absolute atomic E-state index is 10.5. The molecule has 1 rings (SSSR count). The molecule has 0 atom stereocenters. The third-order valence-corrected chi connectivity index (χ3v) is 1.64. The number of hydrogen-bond donors (Lipinski definition) is 0. The van der Waals surface area contributed by atoms with Gasteiger partial charge in [0.25, 0.3) is 0 Å². The molecule has 0 heterocycles. The van der Waals surface area contributed by atoms with E-state index in [2.05, 4.69) is 0 Å². The molecule has 1 aromatic carbocycles. The number of benzene rings is 1. The van der Waals surface area contributed by atoms with Crippen LogP contribution in [-0.4, -0.2) is 5.97 Å². The van der Waals surface area contributed by atoms with Crippen LogP contribution < -0.4 is 4.74 Å². The number of esters is 1. The van der Waals surface area contributed by atoms with E-state index in [9.17, 15) is 4.79 Å². The van der Waals surface area contributed by atoms with Gasteiger partial charge in [-0.25, -0.2) is 0 Å². The van der Waals surface area contributed by atoms with Crippen LogP contribution in [0.5, 0.6) is 5.75 Å². The molecule has 0 aromatic heterocycles. The standard InChI is InChI=1S/C9H6ClNO2/c1-6(12)13-8-3-2-7(5-11)9(10)4-8/h2-4H,1H3. The highest BCUT2D eigenvalue weighted by atomic mass is 35.5. The average molecular weight is 196 g/mol. The average Bonchev–Trinajstić information content (AvgIpc) is 2.03. The molecule has 0 saturated heterocycles. The van der Waals surface area contributed by atoms with Crippen molar-refractivity contribution in [3.05, 3.63) is 28.8 Å². The lowest BCUT2D eigenvalue weighted by molar-refractivity contribution is -0.131. The molecule has 0 aliphatic heterocycles. The second-order valence-corrected chi connectivity index (χ2v) is 2.75. The van der Waals surface area contributed by atoms with Crippen molar-refractivity contribution in [2.45, 2.75) is 6.92 Å². The molecule has 0 aliphatic rings. The number of carbonyl (C=O) groups is 1. The summed E-state index contributed by atoms with van der Waals surface area (Å²) in [5, 5.41) is 8.83. The molecule has 66 valence electrons. The number of nitrogens with zero attached hydrogens (tertiary/aromatic N) is 1. The molecule has 0 unspecified atom stereocenters. The molecular weight excluding hydrogens is 190 g/mol. The minimum absolute atomic E-state index is 0.279. The highest BCUT2D eigenvalue weighted by Crippen LogP contribution is 2.21. The fourth-order valence-corrected chi connectivity index (χ4v) is 1.03. The van der Waals surface area contributed by atoms with E-state index in [1.54, 1.807) is 0 Å². The van der Waals surface area contributed by atoms with Gasteiger partial charge in [0.2, 0.25) is 0 Å². The second kappa shape index (κ2) is 3.92. The van der Waals surface area contributed by atoms with Crippen LogP contribution in [0.3, 0.4) is 0 Å². The minimum atomic E-state index is -0.416. The fraction of sp³-hybridized carbons (Fsp3) is 0.111. The Kier molecular flexibility index (Phi) is 2.88. The van der Waals surface area contributed by atoms with Crippen LogP contribution >= 0.6 is 11.6 Å². The fourth-order valence-electron chi connectivity index (χ4n) is 0.816. The number of nitriles is 1. The van der Waals surface area contributed by atoms with E-state index >= 15 is 0 Å². The van der Waals surface area contributed by atoms with Crippen LogP contribution in [0.15, 0.2) is 18.2 Å². The van der Waals surface area contributed by atoms with Gasteiger partial charge in [0.05, 0.1) is 10.6 Å². The predicted molar refractivity (Wildman–Crippen MR) is 47.5 cm³/mol. The summed E-state index contributed by atoms with van der Waals surface area (Å²) in [4.78, 5) is 10.5. The zero-order valence-electron chi connectivity index (χ0n) is 6.87. The quantitative estimate of drug-likeness (QED) is 0.510. The van der Waals surface area contributed by atoms with Crippen LogP contribution in [-0.2, 0) is 4.79 Å². The van der Waals surface area contributed by atoms with Crippen molar-refractivity contribution < 1.29 is 9.53 Å². The Morgan fingerprint density at radius 1 is 1.62 bits per heavy atom. The highest BCUT2D eigenvalue weighted by Gasteiger charge is 2.02. The summed E-state index contributed by atoms with van der Waals surface area (Å²) in [6.45, 7) is 1.30.